The average Bonchev–Trinajstić information content (AvgIpc) is 2.77. The molecule has 2 heterocycles. The number of aliphatic hydroxyl groups is 1. The molecule has 0 radical (unpaired) electrons. The topological polar surface area (TPSA) is 108 Å². The average molecular weight is 311 g/mol. The van der Waals surface area contributed by atoms with Crippen LogP contribution in [0.2, 0.25) is 0 Å². The van der Waals surface area contributed by atoms with Gasteiger partial charge in [-0.2, -0.15) is 11.8 Å². The first-order valence-corrected chi connectivity index (χ1v) is 7.69. The van der Waals surface area contributed by atoms with Crippen LogP contribution in [0.5, 0.6) is 0 Å². The van der Waals surface area contributed by atoms with Crippen LogP contribution in [0, 0.1) is 6.92 Å². The first-order chi connectivity index (χ1) is 9.99. The number of rotatable bonds is 5. The van der Waals surface area contributed by atoms with Gasteiger partial charge >= 0.3 is 0 Å². The summed E-state index contributed by atoms with van der Waals surface area (Å²) < 4.78 is 5.35. The van der Waals surface area contributed by atoms with E-state index in [0.717, 1.165) is 0 Å². The van der Waals surface area contributed by atoms with E-state index in [4.69, 9.17) is 4.42 Å². The van der Waals surface area contributed by atoms with E-state index in [1.165, 1.54) is 18.1 Å². The second-order valence-electron chi connectivity index (χ2n) is 4.66. The van der Waals surface area contributed by atoms with E-state index in [1.807, 2.05) is 6.26 Å². The fourth-order valence-electron chi connectivity index (χ4n) is 2.14. The van der Waals surface area contributed by atoms with Gasteiger partial charge in [-0.15, -0.1) is 0 Å². The zero-order valence-corrected chi connectivity index (χ0v) is 12.8. The standard InChI is InChI=1S/C13H17N3O4S/c1-6(8(4-17)21-3)16-12(19)9-7(2)20-13-10(9)11(18)14-5-15-13/h5-6,8,17H,4H2,1-3H3,(H,16,19)(H,14,15,18). The van der Waals surface area contributed by atoms with Gasteiger partial charge in [0.15, 0.2) is 0 Å². The molecule has 0 aromatic carbocycles. The second-order valence-corrected chi connectivity index (χ2v) is 5.74. The predicted molar refractivity (Wildman–Crippen MR) is 80.7 cm³/mol. The molecule has 0 aliphatic rings. The third-order valence-corrected chi connectivity index (χ3v) is 4.46. The molecular formula is C13H17N3O4S. The van der Waals surface area contributed by atoms with E-state index in [-0.39, 0.29) is 34.6 Å². The molecule has 0 spiro atoms. The van der Waals surface area contributed by atoms with Gasteiger partial charge in [0, 0.05) is 11.3 Å². The molecule has 0 fully saturated rings. The highest BCUT2D eigenvalue weighted by Crippen LogP contribution is 2.21. The number of furan rings is 1. The van der Waals surface area contributed by atoms with Crippen LogP contribution >= 0.6 is 11.8 Å². The smallest absolute Gasteiger partial charge is 0.262 e. The molecule has 2 unspecified atom stereocenters. The highest BCUT2D eigenvalue weighted by Gasteiger charge is 2.24. The molecule has 2 rings (SSSR count). The van der Waals surface area contributed by atoms with Crippen molar-refractivity contribution in [2.45, 2.75) is 25.1 Å². The maximum Gasteiger partial charge on any atom is 0.262 e. The van der Waals surface area contributed by atoms with Crippen molar-refractivity contribution in [2.24, 2.45) is 0 Å². The van der Waals surface area contributed by atoms with Gasteiger partial charge in [-0.05, 0) is 20.1 Å². The molecule has 3 N–H and O–H groups in total. The number of nitrogens with one attached hydrogen (secondary N) is 2. The van der Waals surface area contributed by atoms with Crippen LogP contribution in [0.1, 0.15) is 23.0 Å². The molecule has 7 nitrogen and oxygen atoms in total. The molecule has 21 heavy (non-hydrogen) atoms. The SMILES string of the molecule is CSC(CO)C(C)NC(=O)c1c(C)oc2nc[nH]c(=O)c12. The quantitative estimate of drug-likeness (QED) is 0.749. The monoisotopic (exact) mass is 311 g/mol. The molecule has 0 aliphatic carbocycles. The summed E-state index contributed by atoms with van der Waals surface area (Å²) in [4.78, 5) is 30.6. The van der Waals surface area contributed by atoms with Gasteiger partial charge in [-0.25, -0.2) is 4.98 Å². The van der Waals surface area contributed by atoms with Crippen LogP contribution < -0.4 is 10.9 Å². The predicted octanol–water partition coefficient (Wildman–Crippen LogP) is 0.667. The fourth-order valence-corrected chi connectivity index (χ4v) is 2.76. The Labute approximate surface area is 125 Å². The number of H-pyrrole nitrogens is 1. The minimum Gasteiger partial charge on any atom is -0.442 e. The molecule has 0 bridgehead atoms. The van der Waals surface area contributed by atoms with Crippen LogP contribution in [0.25, 0.3) is 11.1 Å². The number of thioether (sulfide) groups is 1. The van der Waals surface area contributed by atoms with Crippen molar-refractivity contribution in [3.63, 3.8) is 0 Å². The minimum absolute atomic E-state index is 0.0458. The Hall–Kier alpha value is -1.80. The number of carbonyl (C=O) groups is 1. The summed E-state index contributed by atoms with van der Waals surface area (Å²) in [5, 5.41) is 12.1. The number of aryl methyl sites for hydroxylation is 1. The van der Waals surface area contributed by atoms with Gasteiger partial charge in [-0.3, -0.25) is 9.59 Å². The van der Waals surface area contributed by atoms with Crippen LogP contribution in [-0.2, 0) is 0 Å². The van der Waals surface area contributed by atoms with Crippen LogP contribution in [0.3, 0.4) is 0 Å². The summed E-state index contributed by atoms with van der Waals surface area (Å²) in [7, 11) is 0. The van der Waals surface area contributed by atoms with Crippen molar-refractivity contribution >= 4 is 28.8 Å². The number of aliphatic hydroxyl groups excluding tert-OH is 1. The third-order valence-electron chi connectivity index (χ3n) is 3.30. The molecule has 0 aliphatic heterocycles. The summed E-state index contributed by atoms with van der Waals surface area (Å²) in [6, 6.07) is -0.252. The lowest BCUT2D eigenvalue weighted by Crippen LogP contribution is -2.41. The first-order valence-electron chi connectivity index (χ1n) is 6.40. The Bertz CT molecular complexity index is 705. The van der Waals surface area contributed by atoms with Gasteiger partial charge in [0.2, 0.25) is 5.71 Å². The lowest BCUT2D eigenvalue weighted by atomic mass is 10.1. The van der Waals surface area contributed by atoms with E-state index in [2.05, 4.69) is 15.3 Å². The zero-order valence-electron chi connectivity index (χ0n) is 12.0. The number of nitrogens with zero attached hydrogens (tertiary/aromatic N) is 1. The van der Waals surface area contributed by atoms with E-state index in [9.17, 15) is 14.7 Å². The van der Waals surface area contributed by atoms with E-state index >= 15 is 0 Å². The van der Waals surface area contributed by atoms with Crippen molar-refractivity contribution in [1.29, 1.82) is 0 Å². The van der Waals surface area contributed by atoms with Gasteiger partial charge in [0.05, 0.1) is 18.5 Å². The number of carbonyl (C=O) groups excluding carboxylic acids is 1. The van der Waals surface area contributed by atoms with Crippen molar-refractivity contribution in [3.8, 4) is 0 Å². The molecular weight excluding hydrogens is 294 g/mol. The molecule has 1 amide bonds. The summed E-state index contributed by atoms with van der Waals surface area (Å²) in [6.45, 7) is 3.37. The van der Waals surface area contributed by atoms with Crippen LogP contribution in [0.15, 0.2) is 15.5 Å². The Balaban J connectivity index is 2.36. The number of hydrogen-bond acceptors (Lipinski definition) is 6. The Morgan fingerprint density at radius 3 is 2.95 bits per heavy atom. The molecule has 2 atom stereocenters. The van der Waals surface area contributed by atoms with E-state index < -0.39 is 11.5 Å². The van der Waals surface area contributed by atoms with Crippen LogP contribution in [0.4, 0.5) is 0 Å². The van der Waals surface area contributed by atoms with E-state index in [1.54, 1.807) is 13.8 Å². The molecule has 114 valence electrons. The number of aromatic nitrogens is 2. The lowest BCUT2D eigenvalue weighted by molar-refractivity contribution is 0.0936. The molecule has 8 heteroatoms. The number of hydrogen-bond donors (Lipinski definition) is 3. The van der Waals surface area contributed by atoms with Crippen molar-refractivity contribution < 1.29 is 14.3 Å². The summed E-state index contributed by atoms with van der Waals surface area (Å²) in [5.74, 6) is -0.0756. The van der Waals surface area contributed by atoms with Crippen molar-refractivity contribution in [2.75, 3.05) is 12.9 Å². The number of aromatic amines is 1. The van der Waals surface area contributed by atoms with Crippen LogP contribution in [-0.4, -0.2) is 45.1 Å². The van der Waals surface area contributed by atoms with Crippen molar-refractivity contribution in [3.05, 3.63) is 28.0 Å². The fraction of sp³-hybridized carbons (Fsp3) is 0.462. The van der Waals surface area contributed by atoms with Gasteiger partial charge in [0.1, 0.15) is 11.1 Å². The van der Waals surface area contributed by atoms with E-state index in [0.29, 0.717) is 5.76 Å². The maximum absolute atomic E-state index is 12.4. The van der Waals surface area contributed by atoms with Gasteiger partial charge < -0.3 is 19.8 Å². The highest BCUT2D eigenvalue weighted by atomic mass is 32.2. The summed E-state index contributed by atoms with van der Waals surface area (Å²) in [6.07, 6.45) is 3.09. The second kappa shape index (κ2) is 6.31. The third kappa shape index (κ3) is 2.96. The highest BCUT2D eigenvalue weighted by molar-refractivity contribution is 7.99. The Kier molecular flexibility index (Phi) is 4.69. The minimum atomic E-state index is -0.418. The molecule has 2 aromatic rings. The zero-order chi connectivity index (χ0) is 15.6. The molecule has 0 saturated heterocycles. The Morgan fingerprint density at radius 1 is 1.62 bits per heavy atom. The first kappa shape index (κ1) is 15.6. The van der Waals surface area contributed by atoms with Gasteiger partial charge in [-0.1, -0.05) is 0 Å². The molecule has 2 aromatic heterocycles. The number of fused-ring (bicyclic) bond motifs is 1. The maximum atomic E-state index is 12.4. The normalized spacial score (nSPS) is 14.1. The molecule has 0 saturated carbocycles. The summed E-state index contributed by atoms with van der Waals surface area (Å²) >= 11 is 1.46. The van der Waals surface area contributed by atoms with Gasteiger partial charge in [0.25, 0.3) is 11.5 Å². The Morgan fingerprint density at radius 2 is 2.33 bits per heavy atom. The largest absolute Gasteiger partial charge is 0.442 e. The number of amides is 1. The van der Waals surface area contributed by atoms with Crippen molar-refractivity contribution in [1.82, 2.24) is 15.3 Å². The lowest BCUT2D eigenvalue weighted by Gasteiger charge is -2.21. The summed E-state index contributed by atoms with van der Waals surface area (Å²) in [5.41, 5.74) is -0.0974.